The van der Waals surface area contributed by atoms with Crippen molar-refractivity contribution in [1.82, 2.24) is 4.98 Å². The van der Waals surface area contributed by atoms with Gasteiger partial charge in [0.15, 0.2) is 9.52 Å². The standard InChI is InChI=1S/C6H5NS2Si/c1-2-10-5-9-6-7-3-4-8-6/h1,3-4H,5H2. The molecule has 0 spiro atoms. The van der Waals surface area contributed by atoms with Crippen molar-refractivity contribution in [3.8, 4) is 12.0 Å². The van der Waals surface area contributed by atoms with E-state index in [-0.39, 0.29) is 0 Å². The average Bonchev–Trinajstić information content (AvgIpc) is 2.41. The summed E-state index contributed by atoms with van der Waals surface area (Å²) in [4.78, 5) is 4.11. The van der Waals surface area contributed by atoms with E-state index >= 15 is 0 Å². The first kappa shape index (κ1) is 7.86. The van der Waals surface area contributed by atoms with E-state index in [1.54, 1.807) is 23.1 Å². The Morgan fingerprint density at radius 2 is 2.80 bits per heavy atom. The molecule has 1 aromatic rings. The van der Waals surface area contributed by atoms with Gasteiger partial charge in [-0.25, -0.2) is 4.98 Å². The molecule has 0 unspecified atom stereocenters. The van der Waals surface area contributed by atoms with Crippen LogP contribution < -0.4 is 0 Å². The molecule has 1 rings (SSSR count). The lowest BCUT2D eigenvalue weighted by Crippen LogP contribution is -1.88. The molecule has 50 valence electrons. The van der Waals surface area contributed by atoms with Crippen molar-refractivity contribution in [3.63, 3.8) is 0 Å². The molecule has 0 saturated carbocycles. The molecular formula is C6H5NS2Si. The van der Waals surface area contributed by atoms with E-state index in [9.17, 15) is 0 Å². The summed E-state index contributed by atoms with van der Waals surface area (Å²) in [5, 5.41) is 2.98. The highest BCUT2D eigenvalue weighted by Crippen LogP contribution is 2.18. The summed E-state index contributed by atoms with van der Waals surface area (Å²) in [5.41, 5.74) is 2.61. The van der Waals surface area contributed by atoms with E-state index in [1.807, 2.05) is 11.6 Å². The maximum atomic E-state index is 5.10. The van der Waals surface area contributed by atoms with Gasteiger partial charge in [-0.3, -0.25) is 0 Å². The van der Waals surface area contributed by atoms with Crippen molar-refractivity contribution in [2.75, 3.05) is 5.38 Å². The van der Waals surface area contributed by atoms with Crippen LogP contribution in [0.4, 0.5) is 0 Å². The summed E-state index contributed by atoms with van der Waals surface area (Å²) in [6.45, 7) is 0. The number of aromatic nitrogens is 1. The van der Waals surface area contributed by atoms with Crippen LogP contribution in [0.2, 0.25) is 0 Å². The number of hydrogen-bond acceptors (Lipinski definition) is 3. The van der Waals surface area contributed by atoms with Crippen LogP contribution in [0.15, 0.2) is 15.9 Å². The molecule has 0 amide bonds. The Hall–Kier alpha value is -0.243. The molecule has 0 aliphatic heterocycles. The second kappa shape index (κ2) is 4.55. The van der Waals surface area contributed by atoms with Gasteiger partial charge in [-0.15, -0.1) is 23.3 Å². The van der Waals surface area contributed by atoms with E-state index < -0.39 is 0 Å². The van der Waals surface area contributed by atoms with Crippen LogP contribution in [-0.4, -0.2) is 19.9 Å². The largest absolute Gasteiger partial charge is 0.238 e. The predicted octanol–water partition coefficient (Wildman–Crippen LogP) is 1.49. The lowest BCUT2D eigenvalue weighted by molar-refractivity contribution is 1.25. The number of hydrogen-bond donors (Lipinski definition) is 0. The molecule has 0 saturated heterocycles. The zero-order chi connectivity index (χ0) is 7.23. The van der Waals surface area contributed by atoms with Crippen LogP contribution in [0.1, 0.15) is 0 Å². The first-order valence-electron chi connectivity index (χ1n) is 2.64. The third kappa shape index (κ3) is 2.56. The third-order valence-corrected chi connectivity index (χ3v) is 3.70. The lowest BCUT2D eigenvalue weighted by atomic mass is 11.0. The van der Waals surface area contributed by atoms with E-state index in [0.717, 1.165) is 9.72 Å². The first-order chi connectivity index (χ1) is 4.93. The molecule has 0 aliphatic rings. The molecule has 0 atom stereocenters. The molecule has 0 fully saturated rings. The Balaban J connectivity index is 2.23. The molecule has 10 heavy (non-hydrogen) atoms. The van der Waals surface area contributed by atoms with E-state index in [2.05, 4.69) is 10.5 Å². The van der Waals surface area contributed by atoms with E-state index in [4.69, 9.17) is 6.42 Å². The molecular weight excluding hydrogens is 178 g/mol. The Morgan fingerprint density at radius 1 is 1.90 bits per heavy atom. The first-order valence-corrected chi connectivity index (χ1v) is 5.71. The Kier molecular flexibility index (Phi) is 3.58. The van der Waals surface area contributed by atoms with Crippen LogP contribution in [0.5, 0.6) is 0 Å². The van der Waals surface area contributed by atoms with Gasteiger partial charge < -0.3 is 0 Å². The van der Waals surface area contributed by atoms with Crippen LogP contribution in [0, 0.1) is 12.0 Å². The maximum Gasteiger partial charge on any atom is 0.158 e. The summed E-state index contributed by atoms with van der Waals surface area (Å²) in [5.74, 6) is 0. The molecule has 1 aromatic heterocycles. The van der Waals surface area contributed by atoms with Gasteiger partial charge in [-0.1, -0.05) is 11.8 Å². The number of nitrogens with zero attached hydrogens (tertiary/aromatic N) is 1. The van der Waals surface area contributed by atoms with E-state index in [0.29, 0.717) is 9.52 Å². The van der Waals surface area contributed by atoms with Crippen molar-refractivity contribution in [1.29, 1.82) is 0 Å². The normalized spacial score (nSPS) is 9.10. The molecule has 1 nitrogen and oxygen atoms in total. The van der Waals surface area contributed by atoms with Crippen molar-refractivity contribution >= 4 is 32.6 Å². The van der Waals surface area contributed by atoms with Crippen LogP contribution >= 0.6 is 23.1 Å². The van der Waals surface area contributed by atoms with Gasteiger partial charge in [-0.2, -0.15) is 0 Å². The molecule has 0 N–H and O–H groups in total. The van der Waals surface area contributed by atoms with Gasteiger partial charge in [-0.05, 0) is 0 Å². The second-order valence-electron chi connectivity index (χ2n) is 1.41. The summed E-state index contributed by atoms with van der Waals surface area (Å²) in [6.07, 6.45) is 6.91. The second-order valence-corrected chi connectivity index (χ2v) is 5.03. The van der Waals surface area contributed by atoms with Crippen LogP contribution in [0.3, 0.4) is 0 Å². The van der Waals surface area contributed by atoms with E-state index in [1.165, 1.54) is 0 Å². The summed E-state index contributed by atoms with van der Waals surface area (Å²) < 4.78 is 1.11. The van der Waals surface area contributed by atoms with Gasteiger partial charge in [0.05, 0.1) is 0 Å². The topological polar surface area (TPSA) is 12.9 Å². The minimum absolute atomic E-state index is 0.610. The Labute approximate surface area is 71.1 Å². The Bertz CT molecular complexity index is 214. The Morgan fingerprint density at radius 3 is 3.40 bits per heavy atom. The SMILES string of the molecule is C#C[Si]CSc1nccs1. The zero-order valence-electron chi connectivity index (χ0n) is 5.20. The molecule has 0 bridgehead atoms. The smallest absolute Gasteiger partial charge is 0.158 e. The number of terminal acetylenes is 1. The average molecular weight is 183 g/mol. The number of thioether (sulfide) groups is 1. The lowest BCUT2D eigenvalue weighted by Gasteiger charge is -1.87. The van der Waals surface area contributed by atoms with Gasteiger partial charge in [0.25, 0.3) is 0 Å². The minimum atomic E-state index is 0.610. The summed E-state index contributed by atoms with van der Waals surface area (Å²) in [7, 11) is 0.610. The molecule has 2 radical (unpaired) electrons. The zero-order valence-corrected chi connectivity index (χ0v) is 7.84. The monoisotopic (exact) mass is 183 g/mol. The quantitative estimate of drug-likeness (QED) is 0.305. The summed E-state index contributed by atoms with van der Waals surface area (Å²) in [6, 6.07) is 0. The minimum Gasteiger partial charge on any atom is -0.238 e. The third-order valence-electron chi connectivity index (χ3n) is 0.780. The van der Waals surface area contributed by atoms with Crippen molar-refractivity contribution in [2.24, 2.45) is 0 Å². The van der Waals surface area contributed by atoms with Gasteiger partial charge in [0.1, 0.15) is 4.34 Å². The fraction of sp³-hybridized carbons (Fsp3) is 0.167. The van der Waals surface area contributed by atoms with Crippen LogP contribution in [0.25, 0.3) is 0 Å². The molecule has 4 heteroatoms. The highest BCUT2D eigenvalue weighted by molar-refractivity contribution is 8.02. The van der Waals surface area contributed by atoms with Gasteiger partial charge in [0.2, 0.25) is 0 Å². The van der Waals surface area contributed by atoms with Crippen molar-refractivity contribution < 1.29 is 0 Å². The summed E-state index contributed by atoms with van der Waals surface area (Å²) >= 11 is 3.39. The molecule has 0 aromatic carbocycles. The molecule has 1 heterocycles. The number of thiazole rings is 1. The fourth-order valence-corrected chi connectivity index (χ4v) is 3.00. The highest BCUT2D eigenvalue weighted by Gasteiger charge is 1.93. The van der Waals surface area contributed by atoms with Gasteiger partial charge >= 0.3 is 0 Å². The highest BCUT2D eigenvalue weighted by atomic mass is 32.2. The molecule has 0 aliphatic carbocycles. The number of rotatable bonds is 3. The predicted molar refractivity (Wildman–Crippen MR) is 47.4 cm³/mol. The van der Waals surface area contributed by atoms with Crippen molar-refractivity contribution in [3.05, 3.63) is 11.6 Å². The fourth-order valence-electron chi connectivity index (χ4n) is 0.421. The maximum absolute atomic E-state index is 5.10. The van der Waals surface area contributed by atoms with Crippen molar-refractivity contribution in [2.45, 2.75) is 4.34 Å². The van der Waals surface area contributed by atoms with Gasteiger partial charge in [0, 0.05) is 17.0 Å². The van der Waals surface area contributed by atoms with Crippen LogP contribution in [-0.2, 0) is 0 Å².